The quantitative estimate of drug-likeness (QED) is 0.326. The standard InChI is InChI=1S/C17H25O2S.C14H19OS/c1-13-5-7-14(8-6-13)15(18)16(17(2,3)4)20-11-9-19-10-12-20;1-14(2,16-10-6-7-11-16)13(15)12-8-4-3-5-9-12/h5-8,16H,9-12H2,1-4H3;3-5,8-9H,6-7,10-11H2,1-2H3/q2*+1. The first-order valence-electron chi connectivity index (χ1n) is 13.1. The van der Waals surface area contributed by atoms with Gasteiger partial charge in [0.05, 0.1) is 13.2 Å². The van der Waals surface area contributed by atoms with E-state index in [4.69, 9.17) is 4.74 Å². The summed E-state index contributed by atoms with van der Waals surface area (Å²) in [7, 11) is 0.420. The highest BCUT2D eigenvalue weighted by Gasteiger charge is 2.47. The molecule has 1 atom stereocenters. The molecule has 0 bridgehead atoms. The normalized spacial score (nSPS) is 18.3. The fourth-order valence-electron chi connectivity index (χ4n) is 4.92. The van der Waals surface area contributed by atoms with E-state index in [1.54, 1.807) is 0 Å². The Balaban J connectivity index is 0.000000205. The lowest BCUT2D eigenvalue weighted by Gasteiger charge is -2.31. The highest BCUT2D eigenvalue weighted by atomic mass is 32.2. The third-order valence-corrected chi connectivity index (χ3v) is 13.2. The fourth-order valence-corrected chi connectivity index (χ4v) is 10.4. The molecular weight excluding hydrogens is 484 g/mol. The van der Waals surface area contributed by atoms with E-state index in [9.17, 15) is 9.59 Å². The molecule has 1 unspecified atom stereocenters. The van der Waals surface area contributed by atoms with Gasteiger partial charge in [-0.05, 0) is 33.6 Å². The monoisotopic (exact) mass is 528 g/mol. The molecule has 3 nitrogen and oxygen atoms in total. The molecule has 0 aromatic heterocycles. The van der Waals surface area contributed by atoms with Crippen LogP contribution < -0.4 is 0 Å². The van der Waals surface area contributed by atoms with Crippen molar-refractivity contribution in [2.75, 3.05) is 36.2 Å². The minimum Gasteiger partial charge on any atom is -0.372 e. The molecule has 2 aliphatic heterocycles. The van der Waals surface area contributed by atoms with E-state index in [-0.39, 0.29) is 37.2 Å². The van der Waals surface area contributed by atoms with Crippen molar-refractivity contribution in [2.24, 2.45) is 5.41 Å². The predicted octanol–water partition coefficient (Wildman–Crippen LogP) is 6.30. The van der Waals surface area contributed by atoms with Crippen LogP contribution >= 0.6 is 0 Å². The van der Waals surface area contributed by atoms with Crippen LogP contribution in [-0.4, -0.2) is 57.8 Å². The zero-order valence-electron chi connectivity index (χ0n) is 23.0. The van der Waals surface area contributed by atoms with E-state index in [1.807, 2.05) is 54.6 Å². The van der Waals surface area contributed by atoms with Crippen molar-refractivity contribution in [2.45, 2.75) is 64.4 Å². The van der Waals surface area contributed by atoms with Crippen LogP contribution in [0.1, 0.15) is 73.7 Å². The highest BCUT2D eigenvalue weighted by Crippen LogP contribution is 2.32. The van der Waals surface area contributed by atoms with Gasteiger partial charge in [0.25, 0.3) is 0 Å². The molecule has 5 heteroatoms. The zero-order chi connectivity index (χ0) is 26.3. The van der Waals surface area contributed by atoms with Crippen LogP contribution in [0.4, 0.5) is 0 Å². The van der Waals surface area contributed by atoms with Crippen LogP contribution in [0.15, 0.2) is 54.6 Å². The van der Waals surface area contributed by atoms with Crippen LogP contribution in [0.2, 0.25) is 0 Å². The number of Topliss-reactive ketones (excluding diaryl/α,β-unsaturated/α-hetero) is 2. The summed E-state index contributed by atoms with van der Waals surface area (Å²) in [4.78, 5) is 25.4. The molecule has 2 aromatic rings. The molecule has 196 valence electrons. The second kappa shape index (κ2) is 12.8. The van der Waals surface area contributed by atoms with Gasteiger partial charge in [0.15, 0.2) is 10.00 Å². The first kappa shape index (κ1) is 29.0. The molecule has 0 spiro atoms. The lowest BCUT2D eigenvalue weighted by atomic mass is 9.87. The number of ether oxygens (including phenoxy) is 1. The van der Waals surface area contributed by atoms with Crippen molar-refractivity contribution in [3.8, 4) is 0 Å². The predicted molar refractivity (Wildman–Crippen MR) is 158 cm³/mol. The molecule has 0 saturated carbocycles. The number of aryl methyl sites for hydroxylation is 1. The Morgan fingerprint density at radius 2 is 1.33 bits per heavy atom. The lowest BCUT2D eigenvalue weighted by Crippen LogP contribution is -2.47. The number of benzene rings is 2. The van der Waals surface area contributed by atoms with Crippen molar-refractivity contribution < 1.29 is 14.3 Å². The van der Waals surface area contributed by atoms with E-state index in [2.05, 4.69) is 41.5 Å². The van der Waals surface area contributed by atoms with Gasteiger partial charge in [-0.25, -0.2) is 0 Å². The van der Waals surface area contributed by atoms with E-state index in [0.717, 1.165) is 35.8 Å². The van der Waals surface area contributed by atoms with Crippen LogP contribution in [-0.2, 0) is 26.5 Å². The third kappa shape index (κ3) is 7.49. The lowest BCUT2D eigenvalue weighted by molar-refractivity contribution is 0.0941. The summed E-state index contributed by atoms with van der Waals surface area (Å²) in [5.41, 5.74) is 2.92. The summed E-state index contributed by atoms with van der Waals surface area (Å²) in [6.45, 7) is 14.5. The molecule has 2 aromatic carbocycles. The minimum atomic E-state index is -0.169. The molecule has 4 rings (SSSR count). The highest BCUT2D eigenvalue weighted by molar-refractivity contribution is 7.99. The number of hydrogen-bond acceptors (Lipinski definition) is 3. The molecule has 2 aliphatic rings. The Morgan fingerprint density at radius 3 is 1.86 bits per heavy atom. The molecule has 0 amide bonds. The number of carbonyl (C=O) groups is 2. The van der Waals surface area contributed by atoms with E-state index < -0.39 is 0 Å². The maximum atomic E-state index is 13.0. The fraction of sp³-hybridized carbons (Fsp3) is 0.548. The summed E-state index contributed by atoms with van der Waals surface area (Å²) in [5, 5.41) is 0.106. The Bertz CT molecular complexity index is 981. The van der Waals surface area contributed by atoms with Crippen molar-refractivity contribution in [1.29, 1.82) is 0 Å². The molecule has 36 heavy (non-hydrogen) atoms. The first-order chi connectivity index (χ1) is 17.0. The summed E-state index contributed by atoms with van der Waals surface area (Å²) in [5.74, 6) is 5.16. The van der Waals surface area contributed by atoms with Crippen molar-refractivity contribution in [3.63, 3.8) is 0 Å². The van der Waals surface area contributed by atoms with Crippen LogP contribution in [0.5, 0.6) is 0 Å². The Kier molecular flexibility index (Phi) is 10.3. The average molecular weight is 529 g/mol. The van der Waals surface area contributed by atoms with Crippen LogP contribution in [0, 0.1) is 12.3 Å². The first-order valence-corrected chi connectivity index (χ1v) is 16.3. The average Bonchev–Trinajstić information content (AvgIpc) is 3.41. The maximum Gasteiger partial charge on any atom is 0.217 e. The SMILES string of the molecule is CC(C)(C(=O)c1ccccc1)[S+]1CCCC1.Cc1ccc(C(=O)C([S+]2CCOCC2)C(C)(C)C)cc1. The summed E-state index contributed by atoms with van der Waals surface area (Å²) < 4.78 is 5.29. The Morgan fingerprint density at radius 1 is 0.778 bits per heavy atom. The van der Waals surface area contributed by atoms with Gasteiger partial charge in [0.1, 0.15) is 23.0 Å². The number of hydrogen-bond donors (Lipinski definition) is 0. The van der Waals surface area contributed by atoms with Gasteiger partial charge in [-0.3, -0.25) is 9.59 Å². The van der Waals surface area contributed by atoms with Crippen molar-refractivity contribution in [1.82, 2.24) is 0 Å². The largest absolute Gasteiger partial charge is 0.372 e. The molecule has 2 fully saturated rings. The van der Waals surface area contributed by atoms with Crippen LogP contribution in [0.25, 0.3) is 0 Å². The van der Waals surface area contributed by atoms with Gasteiger partial charge in [0, 0.05) is 38.3 Å². The Labute approximate surface area is 224 Å². The summed E-state index contributed by atoms with van der Waals surface area (Å²) in [6.07, 6.45) is 2.60. The van der Waals surface area contributed by atoms with Gasteiger partial charge in [-0.15, -0.1) is 0 Å². The van der Waals surface area contributed by atoms with Crippen LogP contribution in [0.3, 0.4) is 0 Å². The summed E-state index contributed by atoms with van der Waals surface area (Å²) >= 11 is 0. The second-order valence-electron chi connectivity index (χ2n) is 11.3. The second-order valence-corrected chi connectivity index (χ2v) is 16.5. The third-order valence-electron chi connectivity index (χ3n) is 7.01. The van der Waals surface area contributed by atoms with Gasteiger partial charge < -0.3 is 4.74 Å². The van der Waals surface area contributed by atoms with Crippen molar-refractivity contribution >= 4 is 33.4 Å². The van der Waals surface area contributed by atoms with Gasteiger partial charge in [0.2, 0.25) is 11.6 Å². The summed E-state index contributed by atoms with van der Waals surface area (Å²) in [6, 6.07) is 17.7. The van der Waals surface area contributed by atoms with E-state index in [1.165, 1.54) is 29.9 Å². The van der Waals surface area contributed by atoms with Gasteiger partial charge in [-0.1, -0.05) is 80.9 Å². The van der Waals surface area contributed by atoms with E-state index in [0.29, 0.717) is 11.6 Å². The Hall–Kier alpha value is -1.56. The zero-order valence-corrected chi connectivity index (χ0v) is 24.6. The van der Waals surface area contributed by atoms with Crippen molar-refractivity contribution in [3.05, 3.63) is 71.3 Å². The smallest absolute Gasteiger partial charge is 0.217 e. The molecule has 0 aliphatic carbocycles. The van der Waals surface area contributed by atoms with Gasteiger partial charge in [-0.2, -0.15) is 0 Å². The molecule has 2 heterocycles. The topological polar surface area (TPSA) is 43.4 Å². The minimum absolute atomic E-state index is 0.00240. The molecule has 0 N–H and O–H groups in total. The molecular formula is C31H44O3S2+2. The maximum absolute atomic E-state index is 13.0. The number of rotatable bonds is 6. The molecule has 0 radical (unpaired) electrons. The van der Waals surface area contributed by atoms with Gasteiger partial charge >= 0.3 is 0 Å². The number of ketones is 2. The van der Waals surface area contributed by atoms with E-state index >= 15 is 0 Å². The molecule has 2 saturated heterocycles. The number of carbonyl (C=O) groups excluding carboxylic acids is 2.